The second-order valence-electron chi connectivity index (χ2n) is 3.97. The van der Waals surface area contributed by atoms with Crippen LogP contribution in [0.2, 0.25) is 0 Å². The van der Waals surface area contributed by atoms with Gasteiger partial charge in [0, 0.05) is 11.8 Å². The maximum absolute atomic E-state index is 9.05. The molecule has 0 amide bonds. The molecule has 82 valence electrons. The first-order chi connectivity index (χ1) is 7.09. The SMILES string of the molecule is COc1ccccc1C=NC(C)(C)CO. The molecule has 0 spiro atoms. The van der Waals surface area contributed by atoms with E-state index >= 15 is 0 Å². The van der Waals surface area contributed by atoms with Gasteiger partial charge in [0.2, 0.25) is 0 Å². The topological polar surface area (TPSA) is 41.8 Å². The Labute approximate surface area is 90.4 Å². The second kappa shape index (κ2) is 4.94. The van der Waals surface area contributed by atoms with Crippen LogP contribution in [-0.4, -0.2) is 30.6 Å². The highest BCUT2D eigenvalue weighted by molar-refractivity contribution is 5.83. The normalized spacial score (nSPS) is 12.0. The van der Waals surface area contributed by atoms with E-state index in [1.807, 2.05) is 38.1 Å². The number of nitrogens with zero attached hydrogens (tertiary/aromatic N) is 1. The summed E-state index contributed by atoms with van der Waals surface area (Å²) in [7, 11) is 1.63. The van der Waals surface area contributed by atoms with Gasteiger partial charge in [0.1, 0.15) is 5.75 Å². The van der Waals surface area contributed by atoms with Crippen molar-refractivity contribution in [1.82, 2.24) is 0 Å². The molecule has 1 aromatic carbocycles. The second-order valence-corrected chi connectivity index (χ2v) is 3.97. The molecule has 0 aliphatic rings. The van der Waals surface area contributed by atoms with Gasteiger partial charge in [0.05, 0.1) is 19.3 Å². The summed E-state index contributed by atoms with van der Waals surface area (Å²) in [5.74, 6) is 0.787. The molecule has 0 atom stereocenters. The summed E-state index contributed by atoms with van der Waals surface area (Å²) in [4.78, 5) is 4.30. The highest BCUT2D eigenvalue weighted by Gasteiger charge is 2.12. The minimum atomic E-state index is -0.444. The third-order valence-corrected chi connectivity index (χ3v) is 2.08. The molecule has 3 nitrogen and oxygen atoms in total. The Morgan fingerprint density at radius 2 is 2.07 bits per heavy atom. The van der Waals surface area contributed by atoms with Crippen LogP contribution in [0.3, 0.4) is 0 Å². The predicted octanol–water partition coefficient (Wildman–Crippen LogP) is 1.89. The van der Waals surface area contributed by atoms with E-state index in [1.165, 1.54) is 0 Å². The first kappa shape index (κ1) is 11.7. The van der Waals surface area contributed by atoms with E-state index < -0.39 is 5.54 Å². The Kier molecular flexibility index (Phi) is 3.86. The van der Waals surface area contributed by atoms with Gasteiger partial charge >= 0.3 is 0 Å². The van der Waals surface area contributed by atoms with Gasteiger partial charge in [-0.2, -0.15) is 0 Å². The highest BCUT2D eigenvalue weighted by Crippen LogP contribution is 2.16. The number of hydrogen-bond acceptors (Lipinski definition) is 3. The highest BCUT2D eigenvalue weighted by atomic mass is 16.5. The number of methoxy groups -OCH3 is 1. The first-order valence-electron chi connectivity index (χ1n) is 4.88. The van der Waals surface area contributed by atoms with Crippen LogP contribution in [0, 0.1) is 0 Å². The van der Waals surface area contributed by atoms with Crippen LogP contribution >= 0.6 is 0 Å². The van der Waals surface area contributed by atoms with Crippen LogP contribution in [0.25, 0.3) is 0 Å². The van der Waals surface area contributed by atoms with E-state index in [-0.39, 0.29) is 6.61 Å². The summed E-state index contributed by atoms with van der Waals surface area (Å²) in [5, 5.41) is 9.05. The molecule has 0 bridgehead atoms. The molecule has 0 radical (unpaired) electrons. The lowest BCUT2D eigenvalue weighted by atomic mass is 10.1. The molecule has 1 N–H and O–H groups in total. The molecule has 0 fully saturated rings. The number of rotatable bonds is 4. The monoisotopic (exact) mass is 207 g/mol. The molecule has 1 aromatic rings. The largest absolute Gasteiger partial charge is 0.496 e. The standard InChI is InChI=1S/C12H17NO2/c1-12(2,9-14)13-8-10-6-4-5-7-11(10)15-3/h4-8,14H,9H2,1-3H3. The summed E-state index contributed by atoms with van der Waals surface area (Å²) in [6.07, 6.45) is 1.73. The predicted molar refractivity (Wildman–Crippen MR) is 61.8 cm³/mol. The quantitative estimate of drug-likeness (QED) is 0.766. The van der Waals surface area contributed by atoms with Crippen LogP contribution in [0.15, 0.2) is 29.3 Å². The summed E-state index contributed by atoms with van der Waals surface area (Å²) < 4.78 is 5.19. The number of ether oxygens (including phenoxy) is 1. The molecule has 0 saturated heterocycles. The maximum Gasteiger partial charge on any atom is 0.127 e. The van der Waals surface area contributed by atoms with Crippen LogP contribution < -0.4 is 4.74 Å². The maximum atomic E-state index is 9.05. The molecule has 0 aliphatic carbocycles. The Balaban J connectivity index is 2.89. The average molecular weight is 207 g/mol. The van der Waals surface area contributed by atoms with Gasteiger partial charge < -0.3 is 9.84 Å². The smallest absolute Gasteiger partial charge is 0.127 e. The fraction of sp³-hybridized carbons (Fsp3) is 0.417. The van der Waals surface area contributed by atoms with Gasteiger partial charge in [-0.1, -0.05) is 12.1 Å². The Hall–Kier alpha value is -1.35. The van der Waals surface area contributed by atoms with Crippen LogP contribution in [0.4, 0.5) is 0 Å². The van der Waals surface area contributed by atoms with Crippen LogP contribution in [-0.2, 0) is 0 Å². The number of aliphatic hydroxyl groups is 1. The van der Waals surface area contributed by atoms with E-state index in [4.69, 9.17) is 9.84 Å². The van der Waals surface area contributed by atoms with E-state index in [9.17, 15) is 0 Å². The van der Waals surface area contributed by atoms with E-state index in [1.54, 1.807) is 13.3 Å². The van der Waals surface area contributed by atoms with Crippen LogP contribution in [0.1, 0.15) is 19.4 Å². The zero-order chi connectivity index (χ0) is 11.3. The van der Waals surface area contributed by atoms with Gasteiger partial charge in [0.25, 0.3) is 0 Å². The molecule has 0 saturated carbocycles. The third-order valence-electron chi connectivity index (χ3n) is 2.08. The fourth-order valence-electron chi connectivity index (χ4n) is 1.06. The van der Waals surface area contributed by atoms with Gasteiger partial charge in [-0.25, -0.2) is 0 Å². The number of aliphatic imine (C=N–C) groups is 1. The zero-order valence-electron chi connectivity index (χ0n) is 9.40. The lowest BCUT2D eigenvalue weighted by Gasteiger charge is -2.15. The number of para-hydroxylation sites is 1. The van der Waals surface area contributed by atoms with Gasteiger partial charge in [-0.15, -0.1) is 0 Å². The van der Waals surface area contributed by atoms with Gasteiger partial charge in [0.15, 0.2) is 0 Å². The number of hydrogen-bond donors (Lipinski definition) is 1. The molecule has 0 aromatic heterocycles. The van der Waals surface area contributed by atoms with E-state index in [0.29, 0.717) is 0 Å². The first-order valence-corrected chi connectivity index (χ1v) is 4.88. The molecule has 1 rings (SSSR count). The number of benzene rings is 1. The lowest BCUT2D eigenvalue weighted by molar-refractivity contribution is 0.223. The van der Waals surface area contributed by atoms with Crippen molar-refractivity contribution in [2.75, 3.05) is 13.7 Å². The van der Waals surface area contributed by atoms with Crippen molar-refractivity contribution in [3.05, 3.63) is 29.8 Å². The van der Waals surface area contributed by atoms with Crippen molar-refractivity contribution < 1.29 is 9.84 Å². The minimum absolute atomic E-state index is 0.0264. The van der Waals surface area contributed by atoms with Crippen LogP contribution in [0.5, 0.6) is 5.75 Å². The molecular formula is C12H17NO2. The molecule has 15 heavy (non-hydrogen) atoms. The summed E-state index contributed by atoms with van der Waals surface area (Å²) in [6.45, 7) is 3.77. The zero-order valence-corrected chi connectivity index (χ0v) is 9.40. The van der Waals surface area contributed by atoms with E-state index in [2.05, 4.69) is 4.99 Å². The number of aliphatic hydroxyl groups excluding tert-OH is 1. The third kappa shape index (κ3) is 3.36. The van der Waals surface area contributed by atoms with Gasteiger partial charge in [-0.3, -0.25) is 4.99 Å². The van der Waals surface area contributed by atoms with Crippen molar-refractivity contribution in [3.8, 4) is 5.75 Å². The molecule has 0 heterocycles. The van der Waals surface area contributed by atoms with Crippen molar-refractivity contribution >= 4 is 6.21 Å². The van der Waals surface area contributed by atoms with Crippen molar-refractivity contribution in [3.63, 3.8) is 0 Å². The summed E-state index contributed by atoms with van der Waals surface area (Å²) in [6, 6.07) is 7.65. The van der Waals surface area contributed by atoms with Crippen molar-refractivity contribution in [1.29, 1.82) is 0 Å². The molecular weight excluding hydrogens is 190 g/mol. The summed E-state index contributed by atoms with van der Waals surface area (Å²) in [5.41, 5.74) is 0.474. The molecule has 3 heteroatoms. The van der Waals surface area contributed by atoms with Crippen molar-refractivity contribution in [2.24, 2.45) is 4.99 Å². The van der Waals surface area contributed by atoms with Gasteiger partial charge in [-0.05, 0) is 26.0 Å². The Morgan fingerprint density at radius 3 is 2.67 bits per heavy atom. The molecule has 0 aliphatic heterocycles. The Bertz CT molecular complexity index is 345. The van der Waals surface area contributed by atoms with E-state index in [0.717, 1.165) is 11.3 Å². The lowest BCUT2D eigenvalue weighted by Crippen LogP contribution is -2.22. The Morgan fingerprint density at radius 1 is 1.40 bits per heavy atom. The molecule has 0 unspecified atom stereocenters. The average Bonchev–Trinajstić information content (AvgIpc) is 2.27. The van der Waals surface area contributed by atoms with Crippen molar-refractivity contribution in [2.45, 2.75) is 19.4 Å². The fourth-order valence-corrected chi connectivity index (χ4v) is 1.06. The minimum Gasteiger partial charge on any atom is -0.496 e. The summed E-state index contributed by atoms with van der Waals surface area (Å²) >= 11 is 0.